The maximum atomic E-state index is 12.3. The molecule has 0 aromatic carbocycles. The van der Waals surface area contributed by atoms with Crippen molar-refractivity contribution in [3.05, 3.63) is 6.20 Å². The summed E-state index contributed by atoms with van der Waals surface area (Å²) in [5.41, 5.74) is 5.72. The molecule has 1 heterocycles. The lowest BCUT2D eigenvalue weighted by atomic mass is 9.90. The number of nitrogen functional groups attached to an aromatic ring is 1. The summed E-state index contributed by atoms with van der Waals surface area (Å²) in [6, 6.07) is 0. The molecule has 20 heavy (non-hydrogen) atoms. The molecular formula is C13H24N4O2S. The second-order valence-corrected chi connectivity index (χ2v) is 7.23. The predicted octanol–water partition coefficient (Wildman–Crippen LogP) is 1.73. The van der Waals surface area contributed by atoms with E-state index in [0.717, 1.165) is 19.3 Å². The summed E-state index contributed by atoms with van der Waals surface area (Å²) in [4.78, 5) is 0.0989. The highest BCUT2D eigenvalue weighted by atomic mass is 32.2. The molecule has 0 amide bonds. The summed E-state index contributed by atoms with van der Waals surface area (Å²) in [7, 11) is -3.55. The second-order valence-electron chi connectivity index (χ2n) is 5.50. The Hall–Kier alpha value is -1.08. The van der Waals surface area contributed by atoms with Crippen molar-refractivity contribution in [1.82, 2.24) is 14.5 Å². The van der Waals surface area contributed by atoms with E-state index in [-0.39, 0.29) is 10.7 Å². The van der Waals surface area contributed by atoms with Crippen LogP contribution in [0.25, 0.3) is 0 Å². The number of anilines is 1. The zero-order valence-electron chi connectivity index (χ0n) is 12.0. The third-order valence-corrected chi connectivity index (χ3v) is 5.22. The molecular weight excluding hydrogens is 276 g/mol. The zero-order valence-corrected chi connectivity index (χ0v) is 12.8. The monoisotopic (exact) mass is 300 g/mol. The summed E-state index contributed by atoms with van der Waals surface area (Å²) in [5.74, 6) is 0.528. The van der Waals surface area contributed by atoms with Crippen LogP contribution in [-0.4, -0.2) is 24.7 Å². The normalized spacial score (nSPS) is 17.4. The first-order valence-corrected chi connectivity index (χ1v) is 8.84. The molecule has 0 unspecified atom stereocenters. The average Bonchev–Trinajstić information content (AvgIpc) is 2.80. The average molecular weight is 300 g/mol. The number of nitrogens with one attached hydrogen (secondary N) is 1. The molecule has 6 nitrogen and oxygen atoms in total. The molecule has 1 aromatic heterocycles. The van der Waals surface area contributed by atoms with E-state index in [9.17, 15) is 8.42 Å². The van der Waals surface area contributed by atoms with E-state index < -0.39 is 10.0 Å². The quantitative estimate of drug-likeness (QED) is 0.837. The molecule has 3 N–H and O–H groups in total. The largest absolute Gasteiger partial charge is 0.381 e. The second kappa shape index (κ2) is 6.58. The molecule has 1 aliphatic carbocycles. The van der Waals surface area contributed by atoms with Gasteiger partial charge in [0.1, 0.15) is 4.90 Å². The van der Waals surface area contributed by atoms with E-state index >= 15 is 0 Å². The minimum atomic E-state index is -3.55. The highest BCUT2D eigenvalue weighted by Gasteiger charge is 2.23. The number of hydrogen-bond donors (Lipinski definition) is 2. The first-order valence-electron chi connectivity index (χ1n) is 7.35. The first-order chi connectivity index (χ1) is 9.53. The fraction of sp³-hybridized carbons (Fsp3) is 0.769. The Labute approximate surface area is 120 Å². The van der Waals surface area contributed by atoms with Crippen molar-refractivity contribution < 1.29 is 8.42 Å². The number of rotatable bonds is 6. The molecule has 0 radical (unpaired) electrons. The van der Waals surface area contributed by atoms with Crippen LogP contribution in [0.4, 0.5) is 5.82 Å². The van der Waals surface area contributed by atoms with Gasteiger partial charge in [0, 0.05) is 19.3 Å². The highest BCUT2D eigenvalue weighted by Crippen LogP contribution is 2.24. The lowest BCUT2D eigenvalue weighted by Crippen LogP contribution is -2.30. The van der Waals surface area contributed by atoms with E-state index in [4.69, 9.17) is 5.73 Å². The van der Waals surface area contributed by atoms with Crippen LogP contribution >= 0.6 is 0 Å². The van der Waals surface area contributed by atoms with E-state index in [1.807, 2.05) is 6.92 Å². The van der Waals surface area contributed by atoms with Gasteiger partial charge in [-0.05, 0) is 25.2 Å². The van der Waals surface area contributed by atoms with Crippen molar-refractivity contribution in [2.24, 2.45) is 5.92 Å². The standard InChI is InChI=1S/C13H24N4O2S/c1-2-8-17-10-12(13(14)16-17)20(18,19)15-9-11-6-4-3-5-7-11/h10-11,15H,2-9H2,1H3,(H2,14,16). The summed E-state index contributed by atoms with van der Waals surface area (Å²) in [6.45, 7) is 3.18. The van der Waals surface area contributed by atoms with Crippen LogP contribution in [0.15, 0.2) is 11.1 Å². The van der Waals surface area contributed by atoms with Crippen molar-refractivity contribution in [2.75, 3.05) is 12.3 Å². The van der Waals surface area contributed by atoms with Crippen molar-refractivity contribution in [3.8, 4) is 0 Å². The van der Waals surface area contributed by atoms with Crippen molar-refractivity contribution in [3.63, 3.8) is 0 Å². The van der Waals surface area contributed by atoms with E-state index in [1.54, 1.807) is 4.68 Å². The molecule has 0 bridgehead atoms. The maximum Gasteiger partial charge on any atom is 0.245 e. The molecule has 0 atom stereocenters. The molecule has 0 aliphatic heterocycles. The van der Waals surface area contributed by atoms with E-state index in [2.05, 4.69) is 9.82 Å². The van der Waals surface area contributed by atoms with Gasteiger partial charge in [-0.15, -0.1) is 0 Å². The summed E-state index contributed by atoms with van der Waals surface area (Å²) in [5, 5.41) is 4.04. The number of sulfonamides is 1. The first kappa shape index (κ1) is 15.3. The number of aryl methyl sites for hydroxylation is 1. The fourth-order valence-corrected chi connectivity index (χ4v) is 3.85. The lowest BCUT2D eigenvalue weighted by molar-refractivity contribution is 0.357. The van der Waals surface area contributed by atoms with Crippen molar-refractivity contribution in [2.45, 2.75) is 56.9 Å². The Balaban J connectivity index is 2.01. The van der Waals surface area contributed by atoms with Gasteiger partial charge in [-0.25, -0.2) is 13.1 Å². The smallest absolute Gasteiger partial charge is 0.245 e. The van der Waals surface area contributed by atoms with E-state index in [1.165, 1.54) is 25.5 Å². The van der Waals surface area contributed by atoms with Gasteiger partial charge in [-0.3, -0.25) is 4.68 Å². The van der Waals surface area contributed by atoms with Gasteiger partial charge in [-0.1, -0.05) is 26.2 Å². The molecule has 0 saturated heterocycles. The van der Waals surface area contributed by atoms with Crippen LogP contribution in [0.5, 0.6) is 0 Å². The third kappa shape index (κ3) is 3.73. The van der Waals surface area contributed by atoms with Crippen LogP contribution in [0, 0.1) is 5.92 Å². The molecule has 1 aromatic rings. The molecule has 1 aliphatic rings. The molecule has 1 fully saturated rings. The maximum absolute atomic E-state index is 12.3. The Morgan fingerprint density at radius 1 is 1.40 bits per heavy atom. The SMILES string of the molecule is CCCn1cc(S(=O)(=O)NCC2CCCCC2)c(N)n1. The number of aromatic nitrogens is 2. The van der Waals surface area contributed by atoms with Crippen molar-refractivity contribution >= 4 is 15.8 Å². The van der Waals surface area contributed by atoms with Gasteiger partial charge in [0.25, 0.3) is 0 Å². The topological polar surface area (TPSA) is 90.0 Å². The Bertz CT molecular complexity index is 533. The molecule has 7 heteroatoms. The van der Waals surface area contributed by atoms with Gasteiger partial charge in [0.15, 0.2) is 5.82 Å². The molecule has 1 saturated carbocycles. The van der Waals surface area contributed by atoms with Gasteiger partial charge in [0.05, 0.1) is 0 Å². The van der Waals surface area contributed by atoms with Crippen LogP contribution in [-0.2, 0) is 16.6 Å². The van der Waals surface area contributed by atoms with Gasteiger partial charge >= 0.3 is 0 Å². The third-order valence-electron chi connectivity index (χ3n) is 3.78. The minimum Gasteiger partial charge on any atom is -0.381 e. The Kier molecular flexibility index (Phi) is 5.04. The number of nitrogens with zero attached hydrogens (tertiary/aromatic N) is 2. The number of hydrogen-bond acceptors (Lipinski definition) is 4. The minimum absolute atomic E-state index is 0.0783. The van der Waals surface area contributed by atoms with Gasteiger partial charge in [-0.2, -0.15) is 5.10 Å². The summed E-state index contributed by atoms with van der Waals surface area (Å²) >= 11 is 0. The van der Waals surface area contributed by atoms with Gasteiger partial charge < -0.3 is 5.73 Å². The van der Waals surface area contributed by atoms with E-state index in [0.29, 0.717) is 19.0 Å². The fourth-order valence-electron chi connectivity index (χ4n) is 2.67. The Morgan fingerprint density at radius 2 is 2.10 bits per heavy atom. The lowest BCUT2D eigenvalue weighted by Gasteiger charge is -2.21. The molecule has 0 spiro atoms. The summed E-state index contributed by atoms with van der Waals surface area (Å²) < 4.78 is 28.8. The predicted molar refractivity (Wildman–Crippen MR) is 78.7 cm³/mol. The molecule has 2 rings (SSSR count). The summed E-state index contributed by atoms with van der Waals surface area (Å²) in [6.07, 6.45) is 8.27. The van der Waals surface area contributed by atoms with Crippen molar-refractivity contribution in [1.29, 1.82) is 0 Å². The molecule has 114 valence electrons. The number of nitrogens with two attached hydrogens (primary N) is 1. The van der Waals surface area contributed by atoms with Crippen LogP contribution in [0.1, 0.15) is 45.4 Å². The van der Waals surface area contributed by atoms with Crippen LogP contribution in [0.2, 0.25) is 0 Å². The van der Waals surface area contributed by atoms with Crippen LogP contribution in [0.3, 0.4) is 0 Å². The van der Waals surface area contributed by atoms with Gasteiger partial charge in [0.2, 0.25) is 10.0 Å². The zero-order chi connectivity index (χ0) is 14.6. The van der Waals surface area contributed by atoms with Crippen LogP contribution < -0.4 is 10.5 Å². The highest BCUT2D eigenvalue weighted by molar-refractivity contribution is 7.89. The Morgan fingerprint density at radius 3 is 2.75 bits per heavy atom.